The van der Waals surface area contributed by atoms with Crippen LogP contribution in [0.3, 0.4) is 0 Å². The molecule has 0 bridgehead atoms. The Morgan fingerprint density at radius 3 is 2.55 bits per heavy atom. The SMILES string of the molecule is C[C@H](NC(=O)c1ccc2c(c1)COC2(C)C)c1ccc(O[C@@H]2CCC[C@H]2NC(=O)OC(C)(C)C)cc1OC(F)F. The van der Waals surface area contributed by atoms with Crippen LogP contribution in [0, 0.1) is 0 Å². The van der Waals surface area contributed by atoms with E-state index in [1.165, 1.54) is 6.07 Å². The number of rotatable bonds is 8. The van der Waals surface area contributed by atoms with E-state index in [1.54, 1.807) is 52.0 Å². The van der Waals surface area contributed by atoms with E-state index in [2.05, 4.69) is 10.6 Å². The van der Waals surface area contributed by atoms with Gasteiger partial charge in [0.1, 0.15) is 23.2 Å². The van der Waals surface area contributed by atoms with E-state index in [0.29, 0.717) is 36.3 Å². The first-order valence-electron chi connectivity index (χ1n) is 13.5. The molecule has 0 aromatic heterocycles. The van der Waals surface area contributed by atoms with Crippen molar-refractivity contribution in [3.05, 3.63) is 58.7 Å². The fourth-order valence-electron chi connectivity index (χ4n) is 5.15. The average molecular weight is 561 g/mol. The highest BCUT2D eigenvalue weighted by Gasteiger charge is 2.33. The van der Waals surface area contributed by atoms with Gasteiger partial charge in [-0.1, -0.05) is 6.07 Å². The van der Waals surface area contributed by atoms with Crippen molar-refractivity contribution in [3.63, 3.8) is 0 Å². The van der Waals surface area contributed by atoms with Gasteiger partial charge in [-0.25, -0.2) is 4.79 Å². The number of hydrogen-bond donors (Lipinski definition) is 2. The minimum Gasteiger partial charge on any atom is -0.488 e. The standard InChI is InChI=1S/C30H38F2N2O6/c1-17(33-26(35)18-10-13-22-19(14-18)16-37-30(22,5)6)21-12-11-20(15-25(21)39-27(31)32)38-24-9-7-8-23(24)34-28(36)40-29(2,3)4/h10-15,17,23-24,27H,7-9,16H2,1-6H3,(H,33,35)(H,34,36)/t17-,23+,24+/m0/s1. The Bertz CT molecular complexity index is 1240. The predicted molar refractivity (Wildman–Crippen MR) is 145 cm³/mol. The third kappa shape index (κ3) is 7.21. The third-order valence-electron chi connectivity index (χ3n) is 7.06. The maximum Gasteiger partial charge on any atom is 0.408 e. The number of carbonyl (C=O) groups excluding carboxylic acids is 2. The lowest BCUT2D eigenvalue weighted by Gasteiger charge is -2.26. The van der Waals surface area contributed by atoms with Crippen LogP contribution in [0.1, 0.15) is 93.9 Å². The molecule has 0 saturated heterocycles. The van der Waals surface area contributed by atoms with Crippen LogP contribution >= 0.6 is 0 Å². The molecule has 40 heavy (non-hydrogen) atoms. The summed E-state index contributed by atoms with van der Waals surface area (Å²) in [5.74, 6) is -0.119. The van der Waals surface area contributed by atoms with Gasteiger partial charge >= 0.3 is 12.7 Å². The van der Waals surface area contributed by atoms with Gasteiger partial charge in [-0.05, 0) is 96.2 Å². The number of fused-ring (bicyclic) bond motifs is 1. The zero-order valence-corrected chi connectivity index (χ0v) is 23.8. The minimum atomic E-state index is -3.06. The summed E-state index contributed by atoms with van der Waals surface area (Å²) in [6, 6.07) is 9.13. The monoisotopic (exact) mass is 560 g/mol. The summed E-state index contributed by atoms with van der Waals surface area (Å²) in [5, 5.41) is 5.72. The van der Waals surface area contributed by atoms with E-state index in [9.17, 15) is 18.4 Å². The molecule has 2 amide bonds. The van der Waals surface area contributed by atoms with E-state index in [0.717, 1.165) is 17.5 Å². The zero-order valence-electron chi connectivity index (χ0n) is 23.8. The number of benzene rings is 2. The van der Waals surface area contributed by atoms with Gasteiger partial charge in [-0.3, -0.25) is 4.79 Å². The predicted octanol–water partition coefficient (Wildman–Crippen LogP) is 6.37. The van der Waals surface area contributed by atoms with Crippen LogP contribution in [0.25, 0.3) is 0 Å². The van der Waals surface area contributed by atoms with Gasteiger partial charge in [0.2, 0.25) is 0 Å². The average Bonchev–Trinajstić information content (AvgIpc) is 3.40. The number of alkyl halides is 2. The summed E-state index contributed by atoms with van der Waals surface area (Å²) in [5.41, 5.74) is 1.77. The molecule has 1 fully saturated rings. The summed E-state index contributed by atoms with van der Waals surface area (Å²) in [7, 11) is 0. The first kappa shape index (κ1) is 29.6. The fraction of sp³-hybridized carbons (Fsp3) is 0.533. The topological polar surface area (TPSA) is 95.1 Å². The number of amides is 2. The summed E-state index contributed by atoms with van der Waals surface area (Å²) in [6.07, 6.45) is 1.33. The Kier molecular flexibility index (Phi) is 8.58. The first-order chi connectivity index (χ1) is 18.7. The highest BCUT2D eigenvalue weighted by molar-refractivity contribution is 5.94. The molecule has 2 N–H and O–H groups in total. The molecule has 0 unspecified atom stereocenters. The van der Waals surface area contributed by atoms with E-state index < -0.39 is 29.9 Å². The molecule has 0 spiro atoms. The van der Waals surface area contributed by atoms with Crippen LogP contribution in [0.2, 0.25) is 0 Å². The molecule has 0 radical (unpaired) electrons. The molecular weight excluding hydrogens is 522 g/mol. The quantitative estimate of drug-likeness (QED) is 0.390. The molecule has 10 heteroatoms. The highest BCUT2D eigenvalue weighted by atomic mass is 19.3. The van der Waals surface area contributed by atoms with Gasteiger partial charge in [0.15, 0.2) is 0 Å². The van der Waals surface area contributed by atoms with Crippen molar-refractivity contribution in [2.24, 2.45) is 0 Å². The molecule has 3 atom stereocenters. The van der Waals surface area contributed by atoms with Crippen LogP contribution in [-0.2, 0) is 21.7 Å². The van der Waals surface area contributed by atoms with Crippen LogP contribution in [0.5, 0.6) is 11.5 Å². The number of nitrogens with one attached hydrogen (secondary N) is 2. The van der Waals surface area contributed by atoms with Gasteiger partial charge in [-0.2, -0.15) is 8.78 Å². The smallest absolute Gasteiger partial charge is 0.408 e. The molecule has 2 aromatic carbocycles. The van der Waals surface area contributed by atoms with Crippen molar-refractivity contribution >= 4 is 12.0 Å². The Morgan fingerprint density at radius 1 is 1.10 bits per heavy atom. The molecule has 1 saturated carbocycles. The Labute approximate surface area is 233 Å². The lowest BCUT2D eigenvalue weighted by molar-refractivity contribution is -0.0508. The Hall–Kier alpha value is -3.40. The van der Waals surface area contributed by atoms with Gasteiger partial charge in [0.05, 0.1) is 24.3 Å². The highest BCUT2D eigenvalue weighted by Crippen LogP contribution is 2.37. The lowest BCUT2D eigenvalue weighted by atomic mass is 9.94. The lowest BCUT2D eigenvalue weighted by Crippen LogP contribution is -2.44. The second kappa shape index (κ2) is 11.6. The van der Waals surface area contributed by atoms with E-state index in [-0.39, 0.29) is 23.8 Å². The third-order valence-corrected chi connectivity index (χ3v) is 7.06. The maximum absolute atomic E-state index is 13.3. The van der Waals surface area contributed by atoms with Crippen molar-refractivity contribution in [3.8, 4) is 11.5 Å². The van der Waals surface area contributed by atoms with Gasteiger partial charge in [-0.15, -0.1) is 0 Å². The molecule has 1 aliphatic carbocycles. The molecule has 4 rings (SSSR count). The maximum atomic E-state index is 13.3. The number of carbonyl (C=O) groups is 2. The summed E-state index contributed by atoms with van der Waals surface area (Å²) in [6.45, 7) is 8.35. The molecule has 218 valence electrons. The number of hydrogen-bond acceptors (Lipinski definition) is 6. The molecule has 8 nitrogen and oxygen atoms in total. The van der Waals surface area contributed by atoms with Crippen LogP contribution in [0.15, 0.2) is 36.4 Å². The van der Waals surface area contributed by atoms with E-state index in [1.807, 2.05) is 19.9 Å². The van der Waals surface area contributed by atoms with Crippen molar-refractivity contribution in [2.45, 2.75) is 103 Å². The Morgan fingerprint density at radius 2 is 1.85 bits per heavy atom. The van der Waals surface area contributed by atoms with Crippen molar-refractivity contribution in [1.82, 2.24) is 10.6 Å². The van der Waals surface area contributed by atoms with Crippen LogP contribution in [0.4, 0.5) is 13.6 Å². The second-order valence-corrected chi connectivity index (χ2v) is 11.8. The number of halogens is 2. The number of ether oxygens (including phenoxy) is 4. The second-order valence-electron chi connectivity index (χ2n) is 11.8. The van der Waals surface area contributed by atoms with Crippen molar-refractivity contribution in [2.75, 3.05) is 0 Å². The number of alkyl carbamates (subject to hydrolysis) is 1. The van der Waals surface area contributed by atoms with E-state index in [4.69, 9.17) is 18.9 Å². The minimum absolute atomic E-state index is 0.0981. The fourth-order valence-corrected chi connectivity index (χ4v) is 5.15. The van der Waals surface area contributed by atoms with Gasteiger partial charge in [0.25, 0.3) is 5.91 Å². The van der Waals surface area contributed by atoms with Crippen LogP contribution in [-0.4, -0.2) is 36.4 Å². The summed E-state index contributed by atoms with van der Waals surface area (Å²) >= 11 is 0. The largest absolute Gasteiger partial charge is 0.488 e. The van der Waals surface area contributed by atoms with Gasteiger partial charge in [0, 0.05) is 17.2 Å². The van der Waals surface area contributed by atoms with Crippen molar-refractivity contribution in [1.29, 1.82) is 0 Å². The molecule has 2 aromatic rings. The van der Waals surface area contributed by atoms with Crippen LogP contribution < -0.4 is 20.1 Å². The molecular formula is C30H38F2N2O6. The Balaban J connectivity index is 1.46. The first-order valence-corrected chi connectivity index (χ1v) is 13.5. The van der Waals surface area contributed by atoms with Crippen molar-refractivity contribution < 1.29 is 37.3 Å². The van der Waals surface area contributed by atoms with Gasteiger partial charge < -0.3 is 29.6 Å². The van der Waals surface area contributed by atoms with E-state index >= 15 is 0 Å². The summed E-state index contributed by atoms with van der Waals surface area (Å²) < 4.78 is 48.7. The molecule has 1 heterocycles. The molecule has 2 aliphatic rings. The normalized spacial score (nSPS) is 20.5. The summed E-state index contributed by atoms with van der Waals surface area (Å²) in [4.78, 5) is 25.3. The molecule has 1 aliphatic heterocycles. The zero-order chi connectivity index (χ0) is 29.2.